The highest BCUT2D eigenvalue weighted by atomic mass is 16.5. The molecule has 0 saturated carbocycles. The Morgan fingerprint density at radius 2 is 0.574 bits per heavy atom. The van der Waals surface area contributed by atoms with Crippen molar-refractivity contribution in [2.75, 3.05) is 26.3 Å². The second-order valence-electron chi connectivity index (χ2n) is 21.7. The minimum atomic E-state index is -0.293. The minimum absolute atomic E-state index is 0.0520. The monoisotopic (exact) mass is 962 g/mol. The van der Waals surface area contributed by atoms with Crippen LogP contribution in [0.4, 0.5) is 0 Å². The highest BCUT2D eigenvalue weighted by Crippen LogP contribution is 2.23. The first-order chi connectivity index (χ1) is 33.4. The summed E-state index contributed by atoms with van der Waals surface area (Å²) in [7, 11) is 0. The van der Waals surface area contributed by atoms with Crippen LogP contribution >= 0.6 is 0 Å². The van der Waals surface area contributed by atoms with E-state index in [1.807, 2.05) is 0 Å². The van der Waals surface area contributed by atoms with Gasteiger partial charge in [-0.05, 0) is 77.8 Å². The largest absolute Gasteiger partial charge is 0.465 e. The lowest BCUT2D eigenvalue weighted by Gasteiger charge is -2.32. The van der Waals surface area contributed by atoms with Gasteiger partial charge in [-0.2, -0.15) is 0 Å². The van der Waals surface area contributed by atoms with Crippen molar-refractivity contribution in [2.45, 2.75) is 349 Å². The molecule has 0 aromatic heterocycles. The van der Waals surface area contributed by atoms with Crippen LogP contribution in [-0.4, -0.2) is 60.4 Å². The van der Waals surface area contributed by atoms with Gasteiger partial charge in [0.05, 0.1) is 31.2 Å². The van der Waals surface area contributed by atoms with Crippen molar-refractivity contribution >= 4 is 11.9 Å². The summed E-state index contributed by atoms with van der Waals surface area (Å²) in [5, 5.41) is 11.4. The van der Waals surface area contributed by atoms with E-state index in [1.165, 1.54) is 180 Å². The number of hydrogen-bond donors (Lipinski definition) is 1. The molecule has 0 aromatic rings. The van der Waals surface area contributed by atoms with E-state index < -0.39 is 0 Å². The van der Waals surface area contributed by atoms with E-state index in [4.69, 9.17) is 9.47 Å². The number of ether oxygens (including phenoxy) is 2. The first-order valence-corrected chi connectivity index (χ1v) is 31.1. The minimum Gasteiger partial charge on any atom is -0.465 e. The number of hydrogen-bond acceptors (Lipinski definition) is 6. The third kappa shape index (κ3) is 43.6. The Labute approximate surface area is 426 Å². The van der Waals surface area contributed by atoms with Crippen LogP contribution in [0.5, 0.6) is 0 Å². The standard InChI is InChI=1S/C62H123NO5/c1-7-12-17-22-25-26-27-28-29-30-31-34-43-52-60(64)57(6)63(53-44-35-37-46-55-67-61(65)58(48-39-20-15-10-4)50-41-32-23-18-13-8-2)54-45-36-38-47-56-68-62(66)59(49-40-21-16-11-5)51-42-33-24-19-14-9-3/h57-60,64H,7-56H2,1-6H3. The Morgan fingerprint density at radius 1 is 0.338 bits per heavy atom. The molecule has 4 unspecified atom stereocenters. The molecule has 406 valence electrons. The van der Waals surface area contributed by atoms with Gasteiger partial charge in [-0.1, -0.05) is 272 Å². The van der Waals surface area contributed by atoms with Crippen LogP contribution in [0.2, 0.25) is 0 Å². The summed E-state index contributed by atoms with van der Waals surface area (Å²) in [6.45, 7) is 16.7. The van der Waals surface area contributed by atoms with Gasteiger partial charge in [0.15, 0.2) is 0 Å². The Balaban J connectivity index is 4.93. The fourth-order valence-corrected chi connectivity index (χ4v) is 10.2. The number of aliphatic hydroxyl groups excluding tert-OH is 1. The van der Waals surface area contributed by atoms with Gasteiger partial charge in [0.1, 0.15) is 0 Å². The molecule has 0 aliphatic rings. The van der Waals surface area contributed by atoms with Crippen LogP contribution < -0.4 is 0 Å². The lowest BCUT2D eigenvalue weighted by Crippen LogP contribution is -2.42. The van der Waals surface area contributed by atoms with Crippen LogP contribution in [0.15, 0.2) is 0 Å². The van der Waals surface area contributed by atoms with E-state index in [-0.39, 0.29) is 35.9 Å². The summed E-state index contributed by atoms with van der Waals surface area (Å²) in [5.41, 5.74) is 0. The van der Waals surface area contributed by atoms with Crippen molar-refractivity contribution < 1.29 is 24.2 Å². The average Bonchev–Trinajstić information content (AvgIpc) is 3.34. The fourth-order valence-electron chi connectivity index (χ4n) is 10.2. The molecule has 0 radical (unpaired) electrons. The number of carbonyl (C=O) groups excluding carboxylic acids is 2. The predicted molar refractivity (Wildman–Crippen MR) is 297 cm³/mol. The third-order valence-electron chi connectivity index (χ3n) is 15.2. The van der Waals surface area contributed by atoms with Crippen molar-refractivity contribution in [1.29, 1.82) is 0 Å². The molecule has 0 fully saturated rings. The first kappa shape index (κ1) is 66.9. The summed E-state index contributed by atoms with van der Waals surface area (Å²) >= 11 is 0. The molecule has 6 nitrogen and oxygen atoms in total. The van der Waals surface area contributed by atoms with Gasteiger partial charge in [-0.25, -0.2) is 0 Å². The summed E-state index contributed by atoms with van der Waals surface area (Å²) in [6, 6.07) is 0.149. The molecule has 0 saturated heterocycles. The molecule has 4 atom stereocenters. The van der Waals surface area contributed by atoms with Crippen molar-refractivity contribution in [3.05, 3.63) is 0 Å². The topological polar surface area (TPSA) is 76.1 Å². The van der Waals surface area contributed by atoms with Gasteiger partial charge in [-0.3, -0.25) is 14.5 Å². The van der Waals surface area contributed by atoms with Crippen molar-refractivity contribution in [3.63, 3.8) is 0 Å². The van der Waals surface area contributed by atoms with Gasteiger partial charge in [0.25, 0.3) is 0 Å². The van der Waals surface area contributed by atoms with Gasteiger partial charge in [-0.15, -0.1) is 0 Å². The third-order valence-corrected chi connectivity index (χ3v) is 15.2. The van der Waals surface area contributed by atoms with Gasteiger partial charge in [0.2, 0.25) is 0 Å². The van der Waals surface area contributed by atoms with Crippen LogP contribution in [0.3, 0.4) is 0 Å². The first-order valence-electron chi connectivity index (χ1n) is 31.1. The Kier molecular flexibility index (Phi) is 52.8. The summed E-state index contributed by atoms with van der Waals surface area (Å²) < 4.78 is 11.8. The van der Waals surface area contributed by atoms with Crippen LogP contribution in [0.1, 0.15) is 337 Å². The number of esters is 2. The smallest absolute Gasteiger partial charge is 0.308 e. The highest BCUT2D eigenvalue weighted by molar-refractivity contribution is 5.72. The lowest BCUT2D eigenvalue weighted by atomic mass is 9.94. The highest BCUT2D eigenvalue weighted by Gasteiger charge is 2.23. The molecule has 1 N–H and O–H groups in total. The van der Waals surface area contributed by atoms with Crippen molar-refractivity contribution in [1.82, 2.24) is 4.90 Å². The molecule has 0 bridgehead atoms. The Bertz CT molecular complexity index is 963. The lowest BCUT2D eigenvalue weighted by molar-refractivity contribution is -0.150. The van der Waals surface area contributed by atoms with Crippen molar-refractivity contribution in [2.24, 2.45) is 11.8 Å². The van der Waals surface area contributed by atoms with E-state index in [2.05, 4.69) is 46.4 Å². The summed E-state index contributed by atoms with van der Waals surface area (Å²) in [6.07, 6.45) is 55.4. The quantitative estimate of drug-likeness (QED) is 0.0483. The molecule has 0 heterocycles. The maximum Gasteiger partial charge on any atom is 0.308 e. The number of aliphatic hydroxyl groups is 1. The summed E-state index contributed by atoms with van der Waals surface area (Å²) in [4.78, 5) is 28.9. The average molecular weight is 963 g/mol. The number of nitrogens with zero attached hydrogens (tertiary/aromatic N) is 1. The van der Waals surface area contributed by atoms with E-state index in [9.17, 15) is 14.7 Å². The Morgan fingerprint density at radius 3 is 0.882 bits per heavy atom. The molecule has 0 rings (SSSR count). The van der Waals surface area contributed by atoms with E-state index in [1.54, 1.807) is 0 Å². The zero-order chi connectivity index (χ0) is 49.8. The Hall–Kier alpha value is -1.14. The zero-order valence-corrected chi connectivity index (χ0v) is 47.2. The molecule has 0 aliphatic heterocycles. The van der Waals surface area contributed by atoms with Gasteiger partial charge < -0.3 is 14.6 Å². The maximum absolute atomic E-state index is 13.2. The molecular formula is C62H123NO5. The molecule has 0 aromatic carbocycles. The number of rotatable bonds is 56. The maximum atomic E-state index is 13.2. The fraction of sp³-hybridized carbons (Fsp3) is 0.968. The SMILES string of the molecule is CCCCCCCCCCCCCCCC(O)C(C)N(CCCCCCOC(=O)C(CCCCCC)CCCCCCCC)CCCCCCOC(=O)C(CCCCCC)CCCCCCCC. The van der Waals surface area contributed by atoms with E-state index in [0.29, 0.717) is 13.2 Å². The molecule has 0 aliphatic carbocycles. The normalized spacial score (nSPS) is 13.5. The van der Waals surface area contributed by atoms with Gasteiger partial charge in [0, 0.05) is 6.04 Å². The van der Waals surface area contributed by atoms with E-state index >= 15 is 0 Å². The second-order valence-corrected chi connectivity index (χ2v) is 21.7. The molecule has 0 amide bonds. The summed E-state index contributed by atoms with van der Waals surface area (Å²) in [5.74, 6) is 0.255. The molecule has 68 heavy (non-hydrogen) atoms. The van der Waals surface area contributed by atoms with Crippen LogP contribution in [-0.2, 0) is 19.1 Å². The van der Waals surface area contributed by atoms with Gasteiger partial charge >= 0.3 is 11.9 Å². The molecule has 6 heteroatoms. The van der Waals surface area contributed by atoms with Crippen molar-refractivity contribution in [3.8, 4) is 0 Å². The molecular weight excluding hydrogens is 839 g/mol. The predicted octanol–water partition coefficient (Wildman–Crippen LogP) is 19.4. The zero-order valence-electron chi connectivity index (χ0n) is 47.2. The van der Waals surface area contributed by atoms with Crippen LogP contribution in [0.25, 0.3) is 0 Å². The van der Waals surface area contributed by atoms with E-state index in [0.717, 1.165) is 129 Å². The number of carbonyl (C=O) groups is 2. The molecule has 0 spiro atoms. The number of unbranched alkanes of at least 4 members (excludes halogenated alkanes) is 34. The second kappa shape index (κ2) is 53.7. The van der Waals surface area contributed by atoms with Crippen LogP contribution in [0, 0.1) is 11.8 Å².